The van der Waals surface area contributed by atoms with Gasteiger partial charge in [0.15, 0.2) is 11.4 Å². The van der Waals surface area contributed by atoms with Crippen molar-refractivity contribution in [3.63, 3.8) is 0 Å². The molecule has 1 aromatic rings. The summed E-state index contributed by atoms with van der Waals surface area (Å²) in [6.45, 7) is 0. The number of likely N-dealkylation sites (N-methyl/N-ethyl adjacent to an activating group) is 1. The topological polar surface area (TPSA) is 165 Å². The number of phenols is 1. The molecule has 3 aliphatic carbocycles. The predicted molar refractivity (Wildman–Crippen MR) is 119 cm³/mol. The molecule has 0 spiro atoms. The van der Waals surface area contributed by atoms with E-state index in [9.17, 15) is 34.8 Å². The lowest BCUT2D eigenvalue weighted by atomic mass is 9.57. The molecule has 3 aliphatic rings. The van der Waals surface area contributed by atoms with E-state index in [1.165, 1.54) is 11.0 Å². The number of rotatable bonds is 3. The first-order valence-corrected chi connectivity index (χ1v) is 10.5. The molecule has 1 fully saturated rings. The van der Waals surface area contributed by atoms with Crippen molar-refractivity contribution >= 4 is 28.9 Å². The average Bonchev–Trinajstić information content (AvgIpc) is 2.70. The Balaban J connectivity index is 1.99. The van der Waals surface area contributed by atoms with E-state index in [-0.39, 0.29) is 29.7 Å². The maximum Gasteiger partial charge on any atom is 0.255 e. The van der Waals surface area contributed by atoms with Crippen LogP contribution in [0.5, 0.6) is 5.75 Å². The second-order valence-corrected chi connectivity index (χ2v) is 9.31. The molecule has 4 rings (SSSR count). The van der Waals surface area contributed by atoms with Crippen LogP contribution in [0.25, 0.3) is 5.76 Å². The minimum Gasteiger partial charge on any atom is -0.508 e. The third kappa shape index (κ3) is 2.90. The largest absolute Gasteiger partial charge is 0.508 e. The molecule has 0 saturated heterocycles. The van der Waals surface area contributed by atoms with Gasteiger partial charge in [-0.3, -0.25) is 19.3 Å². The molecule has 1 saturated carbocycles. The normalized spacial score (nSPS) is 29.1. The van der Waals surface area contributed by atoms with E-state index in [1.807, 2.05) is 19.0 Å². The second kappa shape index (κ2) is 7.32. The van der Waals surface area contributed by atoms with Crippen molar-refractivity contribution in [1.29, 1.82) is 0 Å². The smallest absolute Gasteiger partial charge is 0.255 e. The monoisotopic (exact) mass is 457 g/mol. The van der Waals surface area contributed by atoms with Gasteiger partial charge in [0.05, 0.1) is 11.6 Å². The molecule has 33 heavy (non-hydrogen) atoms. The first-order chi connectivity index (χ1) is 15.3. The first-order valence-electron chi connectivity index (χ1n) is 10.5. The van der Waals surface area contributed by atoms with Gasteiger partial charge in [-0.1, -0.05) is 0 Å². The molecule has 176 valence electrons. The number of Topliss-reactive ketones (excluding diaryl/α,β-unsaturated/α-hetero) is 2. The minimum atomic E-state index is -2.63. The van der Waals surface area contributed by atoms with Gasteiger partial charge < -0.3 is 31.1 Å². The van der Waals surface area contributed by atoms with Crippen LogP contribution in [0.3, 0.4) is 0 Å². The number of benzene rings is 1. The van der Waals surface area contributed by atoms with E-state index in [1.54, 1.807) is 20.2 Å². The van der Waals surface area contributed by atoms with E-state index >= 15 is 0 Å². The van der Waals surface area contributed by atoms with E-state index in [4.69, 9.17) is 5.73 Å². The van der Waals surface area contributed by atoms with Crippen molar-refractivity contribution in [2.24, 2.45) is 17.6 Å². The van der Waals surface area contributed by atoms with Crippen LogP contribution in [-0.2, 0) is 20.8 Å². The summed E-state index contributed by atoms with van der Waals surface area (Å²) in [7, 11) is 6.75. The molecular weight excluding hydrogens is 430 g/mol. The van der Waals surface area contributed by atoms with Crippen molar-refractivity contribution in [3.8, 4) is 5.75 Å². The summed E-state index contributed by atoms with van der Waals surface area (Å²) in [6, 6.07) is 2.01. The number of anilines is 1. The van der Waals surface area contributed by atoms with Gasteiger partial charge in [0.25, 0.3) is 5.91 Å². The number of carbonyl (C=O) groups is 3. The fraction of sp³-hybridized carbons (Fsp3) is 0.435. The zero-order chi connectivity index (χ0) is 24.6. The number of nitrogens with zero attached hydrogens (tertiary/aromatic N) is 2. The Hall–Kier alpha value is -3.37. The molecule has 1 amide bonds. The number of aliphatic hydroxyl groups is 3. The number of aliphatic hydroxyl groups excluding tert-OH is 2. The van der Waals surface area contributed by atoms with E-state index < -0.39 is 58.0 Å². The van der Waals surface area contributed by atoms with Crippen molar-refractivity contribution in [2.45, 2.75) is 24.5 Å². The summed E-state index contributed by atoms with van der Waals surface area (Å²) >= 11 is 0. The molecule has 0 aromatic heterocycles. The quantitative estimate of drug-likeness (QED) is 0.394. The number of nitrogens with two attached hydrogens (primary N) is 1. The Bertz CT molecular complexity index is 1170. The summed E-state index contributed by atoms with van der Waals surface area (Å²) in [5.74, 6) is -6.54. The molecule has 0 radical (unpaired) electrons. The Kier molecular flexibility index (Phi) is 5.06. The zero-order valence-corrected chi connectivity index (χ0v) is 18.8. The fourth-order valence-electron chi connectivity index (χ4n) is 5.65. The Labute approximate surface area is 190 Å². The molecule has 1 aromatic carbocycles. The van der Waals surface area contributed by atoms with Crippen LogP contribution in [0.1, 0.15) is 17.5 Å². The van der Waals surface area contributed by atoms with Crippen LogP contribution in [-0.4, -0.2) is 82.6 Å². The Morgan fingerprint density at radius 3 is 2.30 bits per heavy atom. The molecule has 0 heterocycles. The lowest BCUT2D eigenvalue weighted by Gasteiger charge is -2.50. The first kappa shape index (κ1) is 22.8. The predicted octanol–water partition coefficient (Wildman–Crippen LogP) is 0.0300. The maximum absolute atomic E-state index is 13.7. The van der Waals surface area contributed by atoms with Crippen molar-refractivity contribution < 1.29 is 34.8 Å². The highest BCUT2D eigenvalue weighted by Crippen LogP contribution is 2.53. The lowest BCUT2D eigenvalue weighted by Crippen LogP contribution is -2.65. The number of aromatic hydroxyl groups is 1. The molecule has 6 N–H and O–H groups in total. The lowest BCUT2D eigenvalue weighted by molar-refractivity contribution is -0.153. The number of phenolic OH excluding ortho intramolecular Hbond substituents is 1. The summed E-state index contributed by atoms with van der Waals surface area (Å²) in [5, 5.41) is 43.9. The highest BCUT2D eigenvalue weighted by molar-refractivity contribution is 6.24. The van der Waals surface area contributed by atoms with Gasteiger partial charge in [0.1, 0.15) is 22.8 Å². The van der Waals surface area contributed by atoms with Crippen LogP contribution in [0.2, 0.25) is 0 Å². The molecule has 0 aliphatic heterocycles. The van der Waals surface area contributed by atoms with Gasteiger partial charge in [-0.25, -0.2) is 0 Å². The molecule has 0 bridgehead atoms. The van der Waals surface area contributed by atoms with Gasteiger partial charge in [-0.2, -0.15) is 0 Å². The molecular formula is C23H27N3O7. The number of primary amides is 1. The van der Waals surface area contributed by atoms with Gasteiger partial charge in [0.2, 0.25) is 5.78 Å². The highest BCUT2D eigenvalue weighted by Gasteiger charge is 2.64. The summed E-state index contributed by atoms with van der Waals surface area (Å²) in [6.07, 6.45) is 0.324. The molecule has 0 unspecified atom stereocenters. The fourth-order valence-corrected chi connectivity index (χ4v) is 5.65. The second-order valence-electron chi connectivity index (χ2n) is 9.31. The van der Waals surface area contributed by atoms with Gasteiger partial charge in [0, 0.05) is 31.3 Å². The van der Waals surface area contributed by atoms with E-state index in [0.717, 1.165) is 5.69 Å². The van der Waals surface area contributed by atoms with Crippen molar-refractivity contribution in [1.82, 2.24) is 4.90 Å². The van der Waals surface area contributed by atoms with Gasteiger partial charge in [-0.15, -0.1) is 0 Å². The highest BCUT2D eigenvalue weighted by atomic mass is 16.3. The number of fused-ring (bicyclic) bond motifs is 3. The SMILES string of the molecule is CN(C)c1ccc(O)c2c1C[C@@H]1C[C@@H]3[C@@H](N(C)C)C(=O)C(C(N)=O)=C(O)[C@]3(O)C(=O)C1=C2O. The Morgan fingerprint density at radius 2 is 1.76 bits per heavy atom. The number of hydrogen-bond acceptors (Lipinski definition) is 9. The summed E-state index contributed by atoms with van der Waals surface area (Å²) < 4.78 is 0. The van der Waals surface area contributed by atoms with Crippen molar-refractivity contribution in [2.75, 3.05) is 33.1 Å². The molecule has 4 atom stereocenters. The van der Waals surface area contributed by atoms with Crippen LogP contribution >= 0.6 is 0 Å². The summed E-state index contributed by atoms with van der Waals surface area (Å²) in [4.78, 5) is 42.0. The average molecular weight is 457 g/mol. The summed E-state index contributed by atoms with van der Waals surface area (Å²) in [5.41, 5.74) is 3.15. The van der Waals surface area contributed by atoms with Crippen molar-refractivity contribution in [3.05, 3.63) is 40.2 Å². The number of hydrogen-bond donors (Lipinski definition) is 5. The van der Waals surface area contributed by atoms with Crippen LogP contribution in [0.15, 0.2) is 29.0 Å². The Morgan fingerprint density at radius 1 is 1.12 bits per heavy atom. The standard InChI is InChI=1S/C23H27N3O7/c1-25(2)12-5-6-13(27)15-10(12)7-9-8-11-17(26(3)4)19(29)16(22(24)32)21(31)23(11,33)20(30)14(9)18(15)28/h5-6,9,11,17,27-28,31,33H,7-8H2,1-4H3,(H2,24,32)/t9-,11-,17-,23-/m1/s1. The maximum atomic E-state index is 13.7. The third-order valence-electron chi connectivity index (χ3n) is 7.06. The molecule has 10 heteroatoms. The molecule has 10 nitrogen and oxygen atoms in total. The van der Waals surface area contributed by atoms with Crippen LogP contribution in [0, 0.1) is 11.8 Å². The van der Waals surface area contributed by atoms with Crippen LogP contribution < -0.4 is 10.6 Å². The zero-order valence-electron chi connectivity index (χ0n) is 18.8. The van der Waals surface area contributed by atoms with Gasteiger partial charge in [-0.05, 0) is 50.6 Å². The van der Waals surface area contributed by atoms with Gasteiger partial charge >= 0.3 is 0 Å². The van der Waals surface area contributed by atoms with Crippen LogP contribution in [0.4, 0.5) is 5.69 Å². The third-order valence-corrected chi connectivity index (χ3v) is 7.06. The number of ketones is 2. The van der Waals surface area contributed by atoms with E-state index in [0.29, 0.717) is 5.56 Å². The van der Waals surface area contributed by atoms with E-state index in [2.05, 4.69) is 0 Å². The minimum absolute atomic E-state index is 0.0638. The number of carbonyl (C=O) groups excluding carboxylic acids is 3. The number of amides is 1.